The van der Waals surface area contributed by atoms with Crippen molar-refractivity contribution in [3.8, 4) is 0 Å². The largest absolute Gasteiger partial charge is 0.352 e. The number of rotatable bonds is 5. The number of hydrogen-bond acceptors (Lipinski definition) is 5. The normalized spacial score (nSPS) is 12.2. The van der Waals surface area contributed by atoms with Crippen LogP contribution in [0.2, 0.25) is 0 Å². The fourth-order valence-electron chi connectivity index (χ4n) is 2.29. The van der Waals surface area contributed by atoms with Crippen molar-refractivity contribution < 1.29 is 8.42 Å². The summed E-state index contributed by atoms with van der Waals surface area (Å²) >= 11 is 1.65. The van der Waals surface area contributed by atoms with Crippen LogP contribution in [0.4, 0.5) is 0 Å². The Bertz CT molecular complexity index is 842. The third-order valence-corrected chi connectivity index (χ3v) is 5.57. The maximum absolute atomic E-state index is 11.6. The summed E-state index contributed by atoms with van der Waals surface area (Å²) in [5, 5.41) is 7.43. The summed E-state index contributed by atoms with van der Waals surface area (Å²) in [5.74, 6) is 0.674. The zero-order chi connectivity index (χ0) is 17.7. The topological polar surface area (TPSA) is 83.5 Å². The zero-order valence-corrected chi connectivity index (χ0v) is 15.9. The first-order chi connectivity index (χ1) is 11.3. The number of sulfone groups is 1. The first-order valence-corrected chi connectivity index (χ1v) is 10.2. The molecule has 0 saturated heterocycles. The molecule has 1 aromatic heterocycles. The highest BCUT2D eigenvalue weighted by atomic mass is 32.2. The highest BCUT2D eigenvalue weighted by Crippen LogP contribution is 2.16. The molecule has 0 saturated carbocycles. The van der Waals surface area contributed by atoms with Gasteiger partial charge in [-0.25, -0.2) is 13.4 Å². The lowest BCUT2D eigenvalue weighted by molar-refractivity contribution is 0.601. The molecule has 2 N–H and O–H groups in total. The second-order valence-electron chi connectivity index (χ2n) is 5.52. The number of benzene rings is 1. The number of nitrogens with zero attached hydrogens (tertiary/aromatic N) is 2. The van der Waals surface area contributed by atoms with Crippen molar-refractivity contribution >= 4 is 27.1 Å². The Kier molecular flexibility index (Phi) is 5.95. The van der Waals surface area contributed by atoms with Crippen LogP contribution in [0.3, 0.4) is 0 Å². The van der Waals surface area contributed by atoms with Crippen LogP contribution in [0, 0.1) is 13.8 Å². The van der Waals surface area contributed by atoms with Gasteiger partial charge < -0.3 is 10.6 Å². The third-order valence-electron chi connectivity index (χ3n) is 3.40. The first-order valence-electron chi connectivity index (χ1n) is 7.45. The van der Waals surface area contributed by atoms with Gasteiger partial charge in [-0.2, -0.15) is 0 Å². The maximum Gasteiger partial charge on any atom is 0.191 e. The van der Waals surface area contributed by atoms with Gasteiger partial charge in [0.2, 0.25) is 0 Å². The highest BCUT2D eigenvalue weighted by Gasteiger charge is 2.11. The Morgan fingerprint density at radius 3 is 2.50 bits per heavy atom. The number of guanidine groups is 1. The van der Waals surface area contributed by atoms with Crippen molar-refractivity contribution in [3.05, 3.63) is 45.4 Å². The summed E-state index contributed by atoms with van der Waals surface area (Å²) in [7, 11) is -1.48. The van der Waals surface area contributed by atoms with Gasteiger partial charge in [0.1, 0.15) is 5.01 Å². The predicted molar refractivity (Wildman–Crippen MR) is 98.2 cm³/mol. The molecule has 8 heteroatoms. The van der Waals surface area contributed by atoms with E-state index in [4.69, 9.17) is 0 Å². The minimum Gasteiger partial charge on any atom is -0.352 e. The lowest BCUT2D eigenvalue weighted by Gasteiger charge is -2.12. The summed E-state index contributed by atoms with van der Waals surface area (Å²) in [6.07, 6.45) is 3.07. The summed E-state index contributed by atoms with van der Waals surface area (Å²) in [4.78, 5) is 10.0. The van der Waals surface area contributed by atoms with Crippen LogP contribution in [0.5, 0.6) is 0 Å². The molecule has 24 heavy (non-hydrogen) atoms. The number of nitrogens with one attached hydrogen (secondary N) is 2. The monoisotopic (exact) mass is 366 g/mol. The van der Waals surface area contributed by atoms with Crippen LogP contribution in [0.15, 0.2) is 34.3 Å². The first kappa shape index (κ1) is 18.4. The van der Waals surface area contributed by atoms with Crippen LogP contribution in [-0.4, -0.2) is 32.7 Å². The molecular weight excluding hydrogens is 344 g/mol. The average molecular weight is 367 g/mol. The minimum absolute atomic E-state index is 0.368. The molecule has 0 fully saturated rings. The van der Waals surface area contributed by atoms with Gasteiger partial charge in [-0.15, -0.1) is 11.3 Å². The molecule has 0 aliphatic carbocycles. The van der Waals surface area contributed by atoms with Gasteiger partial charge >= 0.3 is 0 Å². The van der Waals surface area contributed by atoms with E-state index in [9.17, 15) is 8.42 Å². The fourth-order valence-corrected chi connectivity index (χ4v) is 3.97. The van der Waals surface area contributed by atoms with Crippen molar-refractivity contribution in [2.24, 2.45) is 4.99 Å². The van der Waals surface area contributed by atoms with Gasteiger partial charge in [-0.1, -0.05) is 12.1 Å². The minimum atomic E-state index is -3.19. The number of aryl methyl sites for hydroxylation is 2. The van der Waals surface area contributed by atoms with E-state index in [1.54, 1.807) is 31.4 Å². The highest BCUT2D eigenvalue weighted by molar-refractivity contribution is 7.90. The van der Waals surface area contributed by atoms with Gasteiger partial charge in [-0.05, 0) is 31.0 Å². The summed E-state index contributed by atoms with van der Waals surface area (Å²) in [6.45, 7) is 5.00. The molecule has 2 rings (SSSR count). The molecule has 0 atom stereocenters. The van der Waals surface area contributed by atoms with E-state index >= 15 is 0 Å². The molecule has 0 amide bonds. The Balaban J connectivity index is 1.94. The van der Waals surface area contributed by atoms with E-state index in [0.29, 0.717) is 23.9 Å². The number of hydrogen-bond donors (Lipinski definition) is 2. The molecule has 0 bridgehead atoms. The summed E-state index contributed by atoms with van der Waals surface area (Å²) in [6, 6.07) is 5.34. The Morgan fingerprint density at radius 1 is 1.25 bits per heavy atom. The number of aliphatic imine (C=N–C) groups is 1. The zero-order valence-electron chi connectivity index (χ0n) is 14.3. The second-order valence-corrected chi connectivity index (χ2v) is 8.82. The van der Waals surface area contributed by atoms with Gasteiger partial charge in [0.15, 0.2) is 15.8 Å². The molecule has 0 spiro atoms. The van der Waals surface area contributed by atoms with Crippen molar-refractivity contribution in [1.29, 1.82) is 0 Å². The van der Waals surface area contributed by atoms with Gasteiger partial charge in [0.25, 0.3) is 0 Å². The van der Waals surface area contributed by atoms with Gasteiger partial charge in [0.05, 0.1) is 11.4 Å². The van der Waals surface area contributed by atoms with Crippen molar-refractivity contribution in [1.82, 2.24) is 15.6 Å². The Labute approximate surface area is 147 Å². The molecule has 0 aliphatic rings. The van der Waals surface area contributed by atoms with E-state index in [1.807, 2.05) is 25.3 Å². The third kappa shape index (κ3) is 5.04. The van der Waals surface area contributed by atoms with E-state index in [1.165, 1.54) is 11.1 Å². The molecule has 1 heterocycles. The summed E-state index contributed by atoms with van der Waals surface area (Å²) < 4.78 is 23.3. The van der Waals surface area contributed by atoms with Gasteiger partial charge in [0, 0.05) is 30.9 Å². The molecule has 1 aromatic carbocycles. The summed E-state index contributed by atoms with van der Waals surface area (Å²) in [5.41, 5.74) is 1.74. The molecule has 130 valence electrons. The van der Waals surface area contributed by atoms with Crippen LogP contribution in [0.25, 0.3) is 0 Å². The van der Waals surface area contributed by atoms with Crippen LogP contribution in [-0.2, 0) is 22.9 Å². The van der Waals surface area contributed by atoms with Crippen molar-refractivity contribution in [2.75, 3.05) is 13.3 Å². The van der Waals surface area contributed by atoms with Crippen molar-refractivity contribution in [2.45, 2.75) is 31.8 Å². The molecule has 0 aliphatic heterocycles. The van der Waals surface area contributed by atoms with E-state index in [2.05, 4.69) is 20.6 Å². The van der Waals surface area contributed by atoms with Crippen LogP contribution >= 0.6 is 11.3 Å². The molecule has 0 unspecified atom stereocenters. The smallest absolute Gasteiger partial charge is 0.191 e. The SMILES string of the molecule is CN=C(NCc1ccc(S(C)(=O)=O)c(C)c1)NCc1ncc(C)s1. The van der Waals surface area contributed by atoms with Crippen LogP contribution < -0.4 is 10.6 Å². The Hall–Kier alpha value is -1.93. The molecule has 6 nitrogen and oxygen atoms in total. The van der Waals surface area contributed by atoms with E-state index in [0.717, 1.165) is 16.1 Å². The second kappa shape index (κ2) is 7.76. The lowest BCUT2D eigenvalue weighted by atomic mass is 10.1. The van der Waals surface area contributed by atoms with Crippen molar-refractivity contribution in [3.63, 3.8) is 0 Å². The number of thiazole rings is 1. The fraction of sp³-hybridized carbons (Fsp3) is 0.375. The average Bonchev–Trinajstić information content (AvgIpc) is 2.92. The standard InChI is InChI=1S/C16H22N4O2S2/c1-11-7-13(5-6-14(11)24(4,21)22)9-19-16(17-3)20-10-15-18-8-12(2)23-15/h5-8H,9-10H2,1-4H3,(H2,17,19,20). The maximum atomic E-state index is 11.6. The van der Waals surface area contributed by atoms with E-state index in [-0.39, 0.29) is 0 Å². The van der Waals surface area contributed by atoms with E-state index < -0.39 is 9.84 Å². The number of aromatic nitrogens is 1. The van der Waals surface area contributed by atoms with Crippen LogP contribution in [0.1, 0.15) is 21.0 Å². The van der Waals surface area contributed by atoms with Gasteiger partial charge in [-0.3, -0.25) is 4.99 Å². The molecular formula is C16H22N4O2S2. The lowest BCUT2D eigenvalue weighted by Crippen LogP contribution is -2.36. The molecule has 2 aromatic rings. The Morgan fingerprint density at radius 2 is 1.96 bits per heavy atom. The predicted octanol–water partition coefficient (Wildman–Crippen LogP) is 2.03. The molecule has 0 radical (unpaired) electrons. The quantitative estimate of drug-likeness (QED) is 0.625.